The maximum Gasteiger partial charge on any atom is 0.224 e. The number of allylic oxidation sites excluding steroid dienone is 1. The molecule has 1 aromatic rings. The fourth-order valence-corrected chi connectivity index (χ4v) is 3.24. The number of hydrogen-bond acceptors (Lipinski definition) is 2. The third kappa shape index (κ3) is 7.12. The van der Waals surface area contributed by atoms with E-state index in [9.17, 15) is 9.59 Å². The van der Waals surface area contributed by atoms with Crippen molar-refractivity contribution in [1.29, 1.82) is 0 Å². The predicted molar refractivity (Wildman–Crippen MR) is 101 cm³/mol. The molecule has 1 N–H and O–H groups in total. The van der Waals surface area contributed by atoms with Crippen LogP contribution in [0.5, 0.6) is 0 Å². The summed E-state index contributed by atoms with van der Waals surface area (Å²) in [5, 5.41) is 2.93. The Hall–Kier alpha value is -2.10. The van der Waals surface area contributed by atoms with E-state index in [1.807, 2.05) is 36.1 Å². The zero-order valence-corrected chi connectivity index (χ0v) is 15.5. The first-order chi connectivity index (χ1) is 12.0. The van der Waals surface area contributed by atoms with Crippen LogP contribution in [0.1, 0.15) is 50.2 Å². The highest BCUT2D eigenvalue weighted by atomic mass is 16.2. The molecule has 0 bridgehead atoms. The largest absolute Gasteiger partial charge is 0.354 e. The summed E-state index contributed by atoms with van der Waals surface area (Å²) < 4.78 is 0. The third-order valence-corrected chi connectivity index (χ3v) is 4.68. The molecule has 1 aliphatic carbocycles. The van der Waals surface area contributed by atoms with E-state index in [0.717, 1.165) is 24.1 Å². The minimum absolute atomic E-state index is 0.00379. The molecule has 0 heterocycles. The minimum atomic E-state index is 0.00379. The average Bonchev–Trinajstić information content (AvgIpc) is 2.58. The number of nitrogens with zero attached hydrogens (tertiary/aromatic N) is 1. The number of carbonyl (C=O) groups is 2. The second-order valence-electron chi connectivity index (χ2n) is 6.88. The van der Waals surface area contributed by atoms with Gasteiger partial charge in [-0.1, -0.05) is 41.5 Å². The van der Waals surface area contributed by atoms with Crippen molar-refractivity contribution >= 4 is 11.8 Å². The Morgan fingerprint density at radius 1 is 1.20 bits per heavy atom. The van der Waals surface area contributed by atoms with E-state index in [1.165, 1.54) is 31.3 Å². The lowest BCUT2D eigenvalue weighted by Crippen LogP contribution is -2.38. The second kappa shape index (κ2) is 10.0. The lowest BCUT2D eigenvalue weighted by Gasteiger charge is -2.23. The first-order valence-electron chi connectivity index (χ1n) is 9.30. The zero-order chi connectivity index (χ0) is 18.1. The number of amides is 2. The maximum atomic E-state index is 12.1. The molecule has 0 saturated heterocycles. The van der Waals surface area contributed by atoms with Crippen LogP contribution in [0.15, 0.2) is 35.9 Å². The van der Waals surface area contributed by atoms with Gasteiger partial charge in [-0.15, -0.1) is 0 Å². The SMILES string of the molecule is CC(=O)N(CCNC(=O)Cc1cccc(C)c1)CCC1=CCCCC1. The van der Waals surface area contributed by atoms with E-state index in [4.69, 9.17) is 0 Å². The van der Waals surface area contributed by atoms with Gasteiger partial charge in [-0.3, -0.25) is 9.59 Å². The van der Waals surface area contributed by atoms with Crippen molar-refractivity contribution in [3.8, 4) is 0 Å². The van der Waals surface area contributed by atoms with Gasteiger partial charge >= 0.3 is 0 Å². The van der Waals surface area contributed by atoms with Crippen molar-refractivity contribution in [2.45, 2.75) is 52.4 Å². The molecule has 4 heteroatoms. The molecule has 0 aliphatic heterocycles. The van der Waals surface area contributed by atoms with E-state index in [1.54, 1.807) is 6.92 Å². The topological polar surface area (TPSA) is 49.4 Å². The summed E-state index contributed by atoms with van der Waals surface area (Å²) in [4.78, 5) is 25.7. The quantitative estimate of drug-likeness (QED) is 0.736. The van der Waals surface area contributed by atoms with Crippen LogP contribution in [-0.4, -0.2) is 36.3 Å². The van der Waals surface area contributed by atoms with Crippen LogP contribution < -0.4 is 5.32 Å². The fourth-order valence-electron chi connectivity index (χ4n) is 3.24. The number of rotatable bonds is 8. The lowest BCUT2D eigenvalue weighted by molar-refractivity contribution is -0.129. The van der Waals surface area contributed by atoms with Crippen LogP contribution in [0, 0.1) is 6.92 Å². The van der Waals surface area contributed by atoms with Crippen molar-refractivity contribution in [2.75, 3.05) is 19.6 Å². The highest BCUT2D eigenvalue weighted by Crippen LogP contribution is 2.20. The molecule has 0 aromatic heterocycles. The number of nitrogens with one attached hydrogen (secondary N) is 1. The standard InChI is InChI=1S/C21H30N2O2/c1-17-7-6-10-20(15-17)16-21(25)22-12-14-23(18(2)24)13-11-19-8-4-3-5-9-19/h6-8,10,15H,3-5,9,11-14,16H2,1-2H3,(H,22,25). The van der Waals surface area contributed by atoms with Gasteiger partial charge in [0.15, 0.2) is 0 Å². The van der Waals surface area contributed by atoms with Crippen molar-refractivity contribution in [2.24, 2.45) is 0 Å². The third-order valence-electron chi connectivity index (χ3n) is 4.68. The van der Waals surface area contributed by atoms with Crippen LogP contribution in [0.4, 0.5) is 0 Å². The lowest BCUT2D eigenvalue weighted by atomic mass is 9.97. The molecular formula is C21H30N2O2. The van der Waals surface area contributed by atoms with E-state index in [0.29, 0.717) is 19.5 Å². The number of hydrogen-bond donors (Lipinski definition) is 1. The summed E-state index contributed by atoms with van der Waals surface area (Å²) in [6.07, 6.45) is 8.55. The maximum absolute atomic E-state index is 12.1. The van der Waals surface area contributed by atoms with Crippen molar-refractivity contribution in [1.82, 2.24) is 10.2 Å². The summed E-state index contributed by atoms with van der Waals surface area (Å²) in [6, 6.07) is 7.98. The Labute approximate surface area is 151 Å². The van der Waals surface area contributed by atoms with Crippen molar-refractivity contribution < 1.29 is 9.59 Å². The molecule has 1 aliphatic rings. The van der Waals surface area contributed by atoms with Crippen LogP contribution in [0.25, 0.3) is 0 Å². The van der Waals surface area contributed by atoms with E-state index < -0.39 is 0 Å². The molecule has 0 spiro atoms. The Balaban J connectivity index is 1.72. The summed E-state index contributed by atoms with van der Waals surface area (Å²) in [6.45, 7) is 5.44. The zero-order valence-electron chi connectivity index (χ0n) is 15.5. The van der Waals surface area contributed by atoms with Crippen LogP contribution >= 0.6 is 0 Å². The van der Waals surface area contributed by atoms with Gasteiger partial charge in [0.25, 0.3) is 0 Å². The van der Waals surface area contributed by atoms with Gasteiger partial charge < -0.3 is 10.2 Å². The molecule has 0 fully saturated rings. The molecule has 0 radical (unpaired) electrons. The van der Waals surface area contributed by atoms with Gasteiger partial charge in [-0.25, -0.2) is 0 Å². The first-order valence-corrected chi connectivity index (χ1v) is 9.30. The fraction of sp³-hybridized carbons (Fsp3) is 0.524. The minimum Gasteiger partial charge on any atom is -0.354 e. The summed E-state index contributed by atoms with van der Waals surface area (Å²) in [7, 11) is 0. The number of benzene rings is 1. The molecule has 136 valence electrons. The Morgan fingerprint density at radius 2 is 2.04 bits per heavy atom. The van der Waals surface area contributed by atoms with Crippen LogP contribution in [0.3, 0.4) is 0 Å². The molecule has 2 amide bonds. The van der Waals surface area contributed by atoms with Gasteiger partial charge in [-0.2, -0.15) is 0 Å². The summed E-state index contributed by atoms with van der Waals surface area (Å²) in [5.41, 5.74) is 3.65. The molecule has 0 unspecified atom stereocenters. The summed E-state index contributed by atoms with van der Waals surface area (Å²) in [5.74, 6) is 0.0773. The molecule has 0 saturated carbocycles. The predicted octanol–water partition coefficient (Wildman–Crippen LogP) is 3.39. The van der Waals surface area contributed by atoms with Crippen LogP contribution in [-0.2, 0) is 16.0 Å². The smallest absolute Gasteiger partial charge is 0.224 e. The normalized spacial score (nSPS) is 13.9. The molecular weight excluding hydrogens is 312 g/mol. The van der Waals surface area contributed by atoms with E-state index in [-0.39, 0.29) is 11.8 Å². The Kier molecular flexibility index (Phi) is 7.71. The van der Waals surface area contributed by atoms with E-state index >= 15 is 0 Å². The summed E-state index contributed by atoms with van der Waals surface area (Å²) >= 11 is 0. The molecule has 0 atom stereocenters. The molecule has 2 rings (SSSR count). The highest BCUT2D eigenvalue weighted by molar-refractivity contribution is 5.78. The van der Waals surface area contributed by atoms with Gasteiger partial charge in [0, 0.05) is 26.6 Å². The second-order valence-corrected chi connectivity index (χ2v) is 6.88. The van der Waals surface area contributed by atoms with Gasteiger partial charge in [0.1, 0.15) is 0 Å². The first kappa shape index (κ1) is 19.2. The van der Waals surface area contributed by atoms with Gasteiger partial charge in [0.05, 0.1) is 6.42 Å². The Bertz CT molecular complexity index is 622. The average molecular weight is 342 g/mol. The van der Waals surface area contributed by atoms with Crippen molar-refractivity contribution in [3.63, 3.8) is 0 Å². The van der Waals surface area contributed by atoms with Crippen molar-refractivity contribution in [3.05, 3.63) is 47.0 Å². The van der Waals surface area contributed by atoms with Gasteiger partial charge in [-0.05, 0) is 44.6 Å². The monoisotopic (exact) mass is 342 g/mol. The highest BCUT2D eigenvalue weighted by Gasteiger charge is 2.11. The molecule has 4 nitrogen and oxygen atoms in total. The van der Waals surface area contributed by atoms with E-state index in [2.05, 4.69) is 11.4 Å². The van der Waals surface area contributed by atoms with Crippen LogP contribution in [0.2, 0.25) is 0 Å². The number of carbonyl (C=O) groups excluding carboxylic acids is 2. The number of aryl methyl sites for hydroxylation is 1. The molecule has 25 heavy (non-hydrogen) atoms. The molecule has 1 aromatic carbocycles. The Morgan fingerprint density at radius 3 is 2.72 bits per heavy atom. The van der Waals surface area contributed by atoms with Gasteiger partial charge in [0.2, 0.25) is 11.8 Å².